The zero-order valence-corrected chi connectivity index (χ0v) is 14.3. The van der Waals surface area contributed by atoms with E-state index in [4.69, 9.17) is 0 Å². The van der Waals surface area contributed by atoms with Crippen LogP contribution in [-0.2, 0) is 0 Å². The lowest BCUT2D eigenvalue weighted by Gasteiger charge is -2.33. The van der Waals surface area contributed by atoms with E-state index in [1.54, 1.807) is 0 Å². The minimum atomic E-state index is -0.106. The maximum Gasteiger partial charge on any atom is 0.0695 e. The van der Waals surface area contributed by atoms with Gasteiger partial charge in [0.05, 0.1) is 6.10 Å². The summed E-state index contributed by atoms with van der Waals surface area (Å²) in [6.07, 6.45) is 14.1. The summed E-state index contributed by atoms with van der Waals surface area (Å²) >= 11 is 0. The van der Waals surface area contributed by atoms with Crippen molar-refractivity contribution in [1.82, 2.24) is 9.80 Å². The Labute approximate surface area is 131 Å². The van der Waals surface area contributed by atoms with Crippen molar-refractivity contribution in [2.75, 3.05) is 27.2 Å². The lowest BCUT2D eigenvalue weighted by molar-refractivity contribution is 0.0443. The molecule has 2 fully saturated rings. The second kappa shape index (κ2) is 9.12. The molecule has 21 heavy (non-hydrogen) atoms. The van der Waals surface area contributed by atoms with Gasteiger partial charge in [0.1, 0.15) is 0 Å². The van der Waals surface area contributed by atoms with Crippen molar-refractivity contribution in [2.24, 2.45) is 0 Å². The van der Waals surface area contributed by atoms with Crippen LogP contribution in [0.5, 0.6) is 0 Å². The average Bonchev–Trinajstić information content (AvgIpc) is 2.92. The third-order valence-electron chi connectivity index (χ3n) is 5.59. The SMILES string of the molecule is CN(C)C1CCN(C2CCCCCCCCCCC2O)C1. The van der Waals surface area contributed by atoms with Gasteiger partial charge in [-0.25, -0.2) is 0 Å². The molecular formula is C18H36N2O. The van der Waals surface area contributed by atoms with Gasteiger partial charge >= 0.3 is 0 Å². The molecule has 1 heterocycles. The number of rotatable bonds is 2. The molecule has 0 bridgehead atoms. The van der Waals surface area contributed by atoms with Gasteiger partial charge < -0.3 is 10.0 Å². The van der Waals surface area contributed by atoms with Crippen molar-refractivity contribution >= 4 is 0 Å². The minimum Gasteiger partial charge on any atom is -0.391 e. The number of likely N-dealkylation sites (N-methyl/N-ethyl adjacent to an activating group) is 1. The Morgan fingerprint density at radius 1 is 0.810 bits per heavy atom. The highest BCUT2D eigenvalue weighted by atomic mass is 16.3. The molecule has 1 aliphatic heterocycles. The first-order chi connectivity index (χ1) is 10.2. The molecule has 3 atom stereocenters. The summed E-state index contributed by atoms with van der Waals surface area (Å²) < 4.78 is 0. The molecule has 0 amide bonds. The average molecular weight is 296 g/mol. The first-order valence-corrected chi connectivity index (χ1v) is 9.27. The molecule has 1 N–H and O–H groups in total. The van der Waals surface area contributed by atoms with Gasteiger partial charge in [-0.2, -0.15) is 0 Å². The molecule has 2 rings (SSSR count). The monoisotopic (exact) mass is 296 g/mol. The zero-order chi connectivity index (χ0) is 15.1. The summed E-state index contributed by atoms with van der Waals surface area (Å²) in [5, 5.41) is 10.7. The van der Waals surface area contributed by atoms with Crippen LogP contribution in [-0.4, -0.2) is 60.3 Å². The van der Waals surface area contributed by atoms with Gasteiger partial charge in [0.15, 0.2) is 0 Å². The standard InChI is InChI=1S/C18H36N2O/c1-19(2)16-13-14-20(15-16)17-11-9-7-5-3-4-6-8-10-12-18(17)21/h16-18,21H,3-15H2,1-2H3. The molecule has 1 saturated heterocycles. The van der Waals surface area contributed by atoms with E-state index in [9.17, 15) is 5.11 Å². The highest BCUT2D eigenvalue weighted by Crippen LogP contribution is 2.25. The lowest BCUT2D eigenvalue weighted by Crippen LogP contribution is -2.44. The Morgan fingerprint density at radius 3 is 1.95 bits per heavy atom. The second-order valence-electron chi connectivity index (χ2n) is 7.44. The molecular weight excluding hydrogens is 260 g/mol. The van der Waals surface area contributed by atoms with Crippen molar-refractivity contribution in [1.29, 1.82) is 0 Å². The molecule has 0 aromatic rings. The summed E-state index contributed by atoms with van der Waals surface area (Å²) in [6, 6.07) is 1.09. The molecule has 1 saturated carbocycles. The number of hydrogen-bond acceptors (Lipinski definition) is 3. The number of aliphatic hydroxyl groups is 1. The van der Waals surface area contributed by atoms with Crippen LogP contribution >= 0.6 is 0 Å². The van der Waals surface area contributed by atoms with E-state index in [0.29, 0.717) is 12.1 Å². The number of hydrogen-bond donors (Lipinski definition) is 1. The normalized spacial score (nSPS) is 34.6. The molecule has 0 aromatic heterocycles. The Balaban J connectivity index is 1.89. The van der Waals surface area contributed by atoms with E-state index in [1.165, 1.54) is 70.8 Å². The first-order valence-electron chi connectivity index (χ1n) is 9.27. The summed E-state index contributed by atoms with van der Waals surface area (Å²) in [5.41, 5.74) is 0. The lowest BCUT2D eigenvalue weighted by atomic mass is 9.95. The molecule has 0 spiro atoms. The third-order valence-corrected chi connectivity index (χ3v) is 5.59. The van der Waals surface area contributed by atoms with Crippen LogP contribution in [0.1, 0.15) is 70.6 Å². The Bertz CT molecular complexity index is 282. The maximum atomic E-state index is 10.7. The molecule has 124 valence electrons. The Hall–Kier alpha value is -0.120. The maximum absolute atomic E-state index is 10.7. The fourth-order valence-corrected chi connectivity index (χ4v) is 4.07. The van der Waals surface area contributed by atoms with Crippen LogP contribution in [0.25, 0.3) is 0 Å². The quantitative estimate of drug-likeness (QED) is 0.847. The van der Waals surface area contributed by atoms with E-state index >= 15 is 0 Å². The molecule has 3 heteroatoms. The van der Waals surface area contributed by atoms with Crippen LogP contribution in [0.15, 0.2) is 0 Å². The predicted molar refractivity (Wildman–Crippen MR) is 89.6 cm³/mol. The molecule has 0 aromatic carbocycles. The Morgan fingerprint density at radius 2 is 1.38 bits per heavy atom. The third kappa shape index (κ3) is 5.54. The van der Waals surface area contributed by atoms with Gasteiger partial charge in [0.2, 0.25) is 0 Å². The van der Waals surface area contributed by atoms with Crippen LogP contribution < -0.4 is 0 Å². The molecule has 3 unspecified atom stereocenters. The molecule has 1 aliphatic carbocycles. The van der Waals surface area contributed by atoms with Crippen LogP contribution in [0.4, 0.5) is 0 Å². The van der Waals surface area contributed by atoms with Crippen LogP contribution in [0, 0.1) is 0 Å². The topological polar surface area (TPSA) is 26.7 Å². The van der Waals surface area contributed by atoms with Crippen LogP contribution in [0.3, 0.4) is 0 Å². The second-order valence-corrected chi connectivity index (χ2v) is 7.44. The van der Waals surface area contributed by atoms with Gasteiger partial charge in [-0.1, -0.05) is 51.4 Å². The number of aliphatic hydroxyl groups excluding tert-OH is 1. The molecule has 2 aliphatic rings. The summed E-state index contributed by atoms with van der Waals surface area (Å²) in [5.74, 6) is 0. The van der Waals surface area contributed by atoms with Crippen molar-refractivity contribution < 1.29 is 5.11 Å². The Kier molecular flexibility index (Phi) is 7.48. The smallest absolute Gasteiger partial charge is 0.0695 e. The van der Waals surface area contributed by atoms with Crippen molar-refractivity contribution in [3.63, 3.8) is 0 Å². The fourth-order valence-electron chi connectivity index (χ4n) is 4.07. The van der Waals surface area contributed by atoms with E-state index in [2.05, 4.69) is 23.9 Å². The molecule has 3 nitrogen and oxygen atoms in total. The molecule has 0 radical (unpaired) electrons. The number of likely N-dealkylation sites (tertiary alicyclic amines) is 1. The highest BCUT2D eigenvalue weighted by Gasteiger charge is 2.32. The van der Waals surface area contributed by atoms with Crippen molar-refractivity contribution in [3.8, 4) is 0 Å². The van der Waals surface area contributed by atoms with Gasteiger partial charge in [-0.15, -0.1) is 0 Å². The zero-order valence-electron chi connectivity index (χ0n) is 14.3. The van der Waals surface area contributed by atoms with Gasteiger partial charge in [0, 0.05) is 25.2 Å². The van der Waals surface area contributed by atoms with Gasteiger partial charge in [0.25, 0.3) is 0 Å². The summed E-state index contributed by atoms with van der Waals surface area (Å²) in [7, 11) is 4.37. The van der Waals surface area contributed by atoms with Gasteiger partial charge in [-0.05, 0) is 33.4 Å². The van der Waals surface area contributed by atoms with Crippen molar-refractivity contribution in [2.45, 2.75) is 88.8 Å². The van der Waals surface area contributed by atoms with E-state index in [-0.39, 0.29) is 6.10 Å². The minimum absolute atomic E-state index is 0.106. The summed E-state index contributed by atoms with van der Waals surface area (Å²) in [6.45, 7) is 2.32. The fraction of sp³-hybridized carbons (Fsp3) is 1.00. The van der Waals surface area contributed by atoms with Gasteiger partial charge in [-0.3, -0.25) is 4.90 Å². The van der Waals surface area contributed by atoms with E-state index < -0.39 is 0 Å². The van der Waals surface area contributed by atoms with Crippen LogP contribution in [0.2, 0.25) is 0 Å². The highest BCUT2D eigenvalue weighted by molar-refractivity contribution is 4.88. The summed E-state index contributed by atoms with van der Waals surface area (Å²) in [4.78, 5) is 4.93. The predicted octanol–water partition coefficient (Wildman–Crippen LogP) is 3.27. The van der Waals surface area contributed by atoms with E-state index in [0.717, 1.165) is 13.0 Å². The first kappa shape index (κ1) is 17.2. The largest absolute Gasteiger partial charge is 0.391 e. The number of nitrogens with zero attached hydrogens (tertiary/aromatic N) is 2. The van der Waals surface area contributed by atoms with Crippen molar-refractivity contribution in [3.05, 3.63) is 0 Å². The van der Waals surface area contributed by atoms with E-state index in [1.807, 2.05) is 0 Å².